The Morgan fingerprint density at radius 2 is 1.83 bits per heavy atom. The maximum absolute atomic E-state index is 12.7. The van der Waals surface area contributed by atoms with E-state index < -0.39 is 0 Å². The molecule has 3 rings (SSSR count). The van der Waals surface area contributed by atoms with Crippen molar-refractivity contribution < 1.29 is 4.79 Å². The van der Waals surface area contributed by atoms with Crippen molar-refractivity contribution in [3.05, 3.63) is 53.4 Å². The number of aryl methyl sites for hydroxylation is 1. The van der Waals surface area contributed by atoms with Crippen LogP contribution in [0.3, 0.4) is 0 Å². The third-order valence-electron chi connectivity index (χ3n) is 5.49. The number of amides is 1. The number of imidazole rings is 1. The van der Waals surface area contributed by atoms with Crippen LogP contribution in [0.25, 0.3) is 6.08 Å². The van der Waals surface area contributed by atoms with Gasteiger partial charge in [-0.1, -0.05) is 68.1 Å². The zero-order valence-electron chi connectivity index (χ0n) is 18.7. The van der Waals surface area contributed by atoms with Crippen molar-refractivity contribution >= 4 is 23.7 Å². The van der Waals surface area contributed by atoms with Crippen LogP contribution in [0.1, 0.15) is 30.8 Å². The average molecular weight is 427 g/mol. The third-order valence-corrected chi connectivity index (χ3v) is 6.45. The number of piperazine rings is 1. The zero-order valence-corrected chi connectivity index (χ0v) is 19.5. The molecule has 0 N–H and O–H groups in total. The van der Waals surface area contributed by atoms with Gasteiger partial charge in [-0.05, 0) is 25.3 Å². The first-order valence-corrected chi connectivity index (χ1v) is 11.8. The maximum atomic E-state index is 12.7. The second kappa shape index (κ2) is 10.8. The van der Waals surface area contributed by atoms with Gasteiger partial charge in [0.2, 0.25) is 5.91 Å². The Morgan fingerprint density at radius 3 is 2.50 bits per heavy atom. The van der Waals surface area contributed by atoms with Crippen molar-refractivity contribution in [3.8, 4) is 0 Å². The Kier molecular flexibility index (Phi) is 8.16. The normalized spacial score (nSPS) is 15.4. The second-order valence-electron chi connectivity index (χ2n) is 8.35. The van der Waals surface area contributed by atoms with Crippen LogP contribution in [0.2, 0.25) is 0 Å². The first-order valence-electron chi connectivity index (χ1n) is 10.8. The van der Waals surface area contributed by atoms with Crippen molar-refractivity contribution in [2.75, 3.05) is 38.5 Å². The van der Waals surface area contributed by atoms with Crippen molar-refractivity contribution in [1.82, 2.24) is 19.4 Å². The fourth-order valence-electron chi connectivity index (χ4n) is 3.61. The lowest BCUT2D eigenvalue weighted by Crippen LogP contribution is -2.49. The summed E-state index contributed by atoms with van der Waals surface area (Å²) >= 11 is 1.57. The number of hydrogen-bond donors (Lipinski definition) is 0. The molecular formula is C24H34N4OS. The summed E-state index contributed by atoms with van der Waals surface area (Å²) < 4.78 is 2.26. The number of aromatic nitrogens is 2. The molecule has 1 amide bonds. The Hall–Kier alpha value is -2.05. The summed E-state index contributed by atoms with van der Waals surface area (Å²) in [5, 5.41) is 0.969. The van der Waals surface area contributed by atoms with Crippen LogP contribution < -0.4 is 0 Å². The van der Waals surface area contributed by atoms with E-state index >= 15 is 0 Å². The van der Waals surface area contributed by atoms with E-state index in [1.807, 2.05) is 17.9 Å². The molecule has 162 valence electrons. The van der Waals surface area contributed by atoms with E-state index in [4.69, 9.17) is 4.98 Å². The monoisotopic (exact) mass is 426 g/mol. The van der Waals surface area contributed by atoms with Crippen molar-refractivity contribution in [2.45, 2.75) is 39.4 Å². The van der Waals surface area contributed by atoms with E-state index in [9.17, 15) is 4.79 Å². The van der Waals surface area contributed by atoms with E-state index in [2.05, 4.69) is 66.7 Å². The van der Waals surface area contributed by atoms with Gasteiger partial charge in [-0.15, -0.1) is 0 Å². The number of hydrogen-bond acceptors (Lipinski definition) is 4. The molecule has 0 aliphatic carbocycles. The first kappa shape index (κ1) is 22.6. The third kappa shape index (κ3) is 6.22. The molecule has 0 atom stereocenters. The number of thioether (sulfide) groups is 1. The zero-order chi connectivity index (χ0) is 21.5. The summed E-state index contributed by atoms with van der Waals surface area (Å²) in [4.78, 5) is 21.8. The highest BCUT2D eigenvalue weighted by atomic mass is 32.2. The second-order valence-corrected chi connectivity index (χ2v) is 9.30. The minimum absolute atomic E-state index is 0.217. The molecule has 0 saturated carbocycles. The van der Waals surface area contributed by atoms with E-state index in [-0.39, 0.29) is 5.91 Å². The van der Waals surface area contributed by atoms with Gasteiger partial charge in [-0.3, -0.25) is 9.69 Å². The molecule has 2 aromatic rings. The molecular weight excluding hydrogens is 392 g/mol. The molecule has 6 heteroatoms. The van der Waals surface area contributed by atoms with Crippen LogP contribution >= 0.6 is 11.8 Å². The van der Waals surface area contributed by atoms with Gasteiger partial charge in [0.1, 0.15) is 0 Å². The predicted octanol–water partition coefficient (Wildman–Crippen LogP) is 4.11. The Labute approximate surface area is 185 Å². The minimum Gasteiger partial charge on any atom is -0.339 e. The minimum atomic E-state index is 0.217. The van der Waals surface area contributed by atoms with E-state index in [0.29, 0.717) is 11.7 Å². The fraction of sp³-hybridized carbons (Fsp3) is 0.500. The lowest BCUT2D eigenvalue weighted by Gasteiger charge is -2.34. The molecule has 5 nitrogen and oxygen atoms in total. The van der Waals surface area contributed by atoms with Crippen LogP contribution in [-0.4, -0.2) is 63.7 Å². The summed E-state index contributed by atoms with van der Waals surface area (Å²) in [5.74, 6) is 1.23. The quantitative estimate of drug-likeness (QED) is 0.596. The lowest BCUT2D eigenvalue weighted by molar-refractivity contribution is -0.130. The van der Waals surface area contributed by atoms with Gasteiger partial charge < -0.3 is 9.47 Å². The fourth-order valence-corrected chi connectivity index (χ4v) is 4.62. The molecule has 0 bridgehead atoms. The molecule has 2 heterocycles. The number of rotatable bonds is 8. The van der Waals surface area contributed by atoms with Gasteiger partial charge in [0.15, 0.2) is 5.16 Å². The van der Waals surface area contributed by atoms with Gasteiger partial charge in [-0.2, -0.15) is 0 Å². The van der Waals surface area contributed by atoms with Crippen molar-refractivity contribution in [1.29, 1.82) is 0 Å². The van der Waals surface area contributed by atoms with E-state index in [1.165, 1.54) is 11.3 Å². The van der Waals surface area contributed by atoms with E-state index in [1.54, 1.807) is 11.8 Å². The topological polar surface area (TPSA) is 41.4 Å². The predicted molar refractivity (Wildman–Crippen MR) is 126 cm³/mol. The van der Waals surface area contributed by atoms with E-state index in [0.717, 1.165) is 50.1 Å². The summed E-state index contributed by atoms with van der Waals surface area (Å²) in [6.45, 7) is 13.9. The molecule has 0 radical (unpaired) electrons. The highest BCUT2D eigenvalue weighted by molar-refractivity contribution is 7.99. The number of nitrogens with zero attached hydrogens (tertiary/aromatic N) is 4. The molecule has 30 heavy (non-hydrogen) atoms. The molecule has 0 spiro atoms. The van der Waals surface area contributed by atoms with Crippen LogP contribution in [0.15, 0.2) is 41.6 Å². The summed E-state index contributed by atoms with van der Waals surface area (Å²) in [6, 6.07) is 10.4. The van der Waals surface area contributed by atoms with Crippen LogP contribution in [-0.2, 0) is 11.3 Å². The van der Waals surface area contributed by atoms with Crippen LogP contribution in [0, 0.1) is 19.8 Å². The van der Waals surface area contributed by atoms with Gasteiger partial charge in [0.25, 0.3) is 0 Å². The molecule has 1 saturated heterocycles. The van der Waals surface area contributed by atoms with Crippen molar-refractivity contribution in [3.63, 3.8) is 0 Å². The molecule has 1 aromatic carbocycles. The highest BCUT2D eigenvalue weighted by Crippen LogP contribution is 2.23. The van der Waals surface area contributed by atoms with Gasteiger partial charge >= 0.3 is 0 Å². The molecule has 1 aliphatic rings. The summed E-state index contributed by atoms with van der Waals surface area (Å²) in [5.41, 5.74) is 3.49. The van der Waals surface area contributed by atoms with Gasteiger partial charge in [0, 0.05) is 45.0 Å². The maximum Gasteiger partial charge on any atom is 0.233 e. The van der Waals surface area contributed by atoms with Gasteiger partial charge in [-0.25, -0.2) is 4.98 Å². The largest absolute Gasteiger partial charge is 0.339 e. The molecule has 0 unspecified atom stereocenters. The summed E-state index contributed by atoms with van der Waals surface area (Å²) in [6.07, 6.45) is 4.37. The molecule has 1 aromatic heterocycles. The smallest absolute Gasteiger partial charge is 0.233 e. The number of benzene rings is 1. The van der Waals surface area contributed by atoms with Crippen molar-refractivity contribution in [2.24, 2.45) is 5.92 Å². The highest BCUT2D eigenvalue weighted by Gasteiger charge is 2.21. The average Bonchev–Trinajstić information content (AvgIpc) is 3.00. The van der Waals surface area contributed by atoms with Crippen LogP contribution in [0.5, 0.6) is 0 Å². The Balaban J connectivity index is 1.45. The van der Waals surface area contributed by atoms with Crippen LogP contribution in [0.4, 0.5) is 0 Å². The SMILES string of the molecule is Cc1nc(SCC(=O)N2CCN(C/C=C/c3ccccc3)CC2)n(CC(C)C)c1C. The lowest BCUT2D eigenvalue weighted by atomic mass is 10.2. The molecule has 1 aliphatic heterocycles. The Bertz CT molecular complexity index is 852. The first-order chi connectivity index (χ1) is 14.4. The summed E-state index contributed by atoms with van der Waals surface area (Å²) in [7, 11) is 0. The van der Waals surface area contributed by atoms with Gasteiger partial charge in [0.05, 0.1) is 11.4 Å². The standard InChI is InChI=1S/C24H34N4OS/c1-19(2)17-28-21(4)20(3)25-24(28)30-18-23(29)27-15-13-26(14-16-27)12-8-11-22-9-6-5-7-10-22/h5-11,19H,12-18H2,1-4H3/b11-8+. The molecule has 1 fully saturated rings. The number of carbonyl (C=O) groups is 1. The Morgan fingerprint density at radius 1 is 1.13 bits per heavy atom. The number of carbonyl (C=O) groups excluding carboxylic acids is 1.